The molecular formula is C18H16N2O2. The van der Waals surface area contributed by atoms with E-state index in [1.807, 2.05) is 49.4 Å². The third-order valence-electron chi connectivity index (χ3n) is 3.69. The molecule has 0 atom stereocenters. The molecule has 0 unspecified atom stereocenters. The Labute approximate surface area is 128 Å². The van der Waals surface area contributed by atoms with E-state index >= 15 is 0 Å². The molecular weight excluding hydrogens is 276 g/mol. The third kappa shape index (κ3) is 2.51. The number of nitrogens with one attached hydrogen (secondary N) is 2. The number of carbonyl (C=O) groups excluding carboxylic acids is 2. The molecule has 0 spiro atoms. The number of fused-ring (bicyclic) bond motifs is 1. The molecule has 0 aliphatic heterocycles. The molecule has 1 amide bonds. The molecule has 2 aromatic carbocycles. The molecule has 3 rings (SSSR count). The lowest BCUT2D eigenvalue weighted by molar-refractivity contribution is -0.112. The lowest BCUT2D eigenvalue weighted by Gasteiger charge is -2.08. The van der Waals surface area contributed by atoms with Crippen molar-refractivity contribution in [3.63, 3.8) is 0 Å². The van der Waals surface area contributed by atoms with Gasteiger partial charge in [-0.15, -0.1) is 0 Å². The highest BCUT2D eigenvalue weighted by Crippen LogP contribution is 2.20. The fourth-order valence-electron chi connectivity index (χ4n) is 2.51. The van der Waals surface area contributed by atoms with E-state index in [0.29, 0.717) is 11.3 Å². The van der Waals surface area contributed by atoms with Gasteiger partial charge >= 0.3 is 0 Å². The maximum Gasteiger partial charge on any atom is 0.296 e. The molecule has 0 saturated carbocycles. The summed E-state index contributed by atoms with van der Waals surface area (Å²) in [5.41, 5.74) is 2.92. The number of anilines is 1. The molecule has 0 bridgehead atoms. The molecule has 0 aliphatic rings. The van der Waals surface area contributed by atoms with Crippen LogP contribution in [-0.2, 0) is 11.2 Å². The van der Waals surface area contributed by atoms with Gasteiger partial charge in [0, 0.05) is 22.8 Å². The van der Waals surface area contributed by atoms with Crippen LogP contribution < -0.4 is 5.32 Å². The summed E-state index contributed by atoms with van der Waals surface area (Å²) >= 11 is 0. The summed E-state index contributed by atoms with van der Waals surface area (Å²) in [6.07, 6.45) is 2.37. The number of amides is 1. The fourth-order valence-corrected chi connectivity index (χ4v) is 2.51. The first-order valence-corrected chi connectivity index (χ1v) is 7.20. The average Bonchev–Trinajstić information content (AvgIpc) is 2.98. The first-order chi connectivity index (χ1) is 10.7. The molecule has 0 aliphatic carbocycles. The van der Waals surface area contributed by atoms with Crippen molar-refractivity contribution in [2.45, 2.75) is 13.3 Å². The van der Waals surface area contributed by atoms with Crippen molar-refractivity contribution < 1.29 is 9.59 Å². The second-order valence-electron chi connectivity index (χ2n) is 5.04. The maximum absolute atomic E-state index is 12.4. The number of hydrogen-bond donors (Lipinski definition) is 2. The quantitative estimate of drug-likeness (QED) is 0.570. The van der Waals surface area contributed by atoms with Gasteiger partial charge in [-0.05, 0) is 24.1 Å². The number of aromatic amines is 1. The second kappa shape index (κ2) is 5.85. The van der Waals surface area contributed by atoms with Crippen molar-refractivity contribution in [2.24, 2.45) is 0 Å². The summed E-state index contributed by atoms with van der Waals surface area (Å²) in [7, 11) is 0. The van der Waals surface area contributed by atoms with Crippen molar-refractivity contribution in [1.82, 2.24) is 4.98 Å². The second-order valence-corrected chi connectivity index (χ2v) is 5.04. The minimum atomic E-state index is -0.620. The van der Waals surface area contributed by atoms with Gasteiger partial charge in [-0.3, -0.25) is 9.59 Å². The Kier molecular flexibility index (Phi) is 3.74. The lowest BCUT2D eigenvalue weighted by Crippen LogP contribution is -2.23. The SMILES string of the molecule is CCc1ccccc1NC(=O)C(=O)c1c[nH]c2ccccc12. The van der Waals surface area contributed by atoms with Gasteiger partial charge in [0.05, 0.1) is 5.56 Å². The number of rotatable bonds is 4. The third-order valence-corrected chi connectivity index (χ3v) is 3.69. The largest absolute Gasteiger partial charge is 0.360 e. The van der Waals surface area contributed by atoms with Gasteiger partial charge in [-0.1, -0.05) is 43.3 Å². The number of H-pyrrole nitrogens is 1. The minimum absolute atomic E-state index is 0.391. The van der Waals surface area contributed by atoms with Crippen LogP contribution in [0.3, 0.4) is 0 Å². The molecule has 0 radical (unpaired) electrons. The predicted molar refractivity (Wildman–Crippen MR) is 87.1 cm³/mol. The van der Waals surface area contributed by atoms with Crippen LogP contribution in [0, 0.1) is 0 Å². The number of hydrogen-bond acceptors (Lipinski definition) is 2. The van der Waals surface area contributed by atoms with E-state index < -0.39 is 11.7 Å². The molecule has 4 nitrogen and oxygen atoms in total. The monoisotopic (exact) mass is 292 g/mol. The highest BCUT2D eigenvalue weighted by atomic mass is 16.2. The van der Waals surface area contributed by atoms with E-state index in [0.717, 1.165) is 22.9 Å². The Morgan fingerprint density at radius 2 is 1.77 bits per heavy atom. The van der Waals surface area contributed by atoms with Crippen LogP contribution in [0.15, 0.2) is 54.7 Å². The van der Waals surface area contributed by atoms with Gasteiger partial charge in [-0.2, -0.15) is 0 Å². The highest BCUT2D eigenvalue weighted by Gasteiger charge is 2.20. The first-order valence-electron chi connectivity index (χ1n) is 7.20. The van der Waals surface area contributed by atoms with Gasteiger partial charge in [-0.25, -0.2) is 0 Å². The molecule has 1 heterocycles. The van der Waals surface area contributed by atoms with Crippen LogP contribution in [0.25, 0.3) is 10.9 Å². The minimum Gasteiger partial charge on any atom is -0.360 e. The maximum atomic E-state index is 12.4. The van der Waals surface area contributed by atoms with E-state index in [1.54, 1.807) is 12.3 Å². The van der Waals surface area contributed by atoms with Gasteiger partial charge in [0.1, 0.15) is 0 Å². The Balaban J connectivity index is 1.87. The molecule has 2 N–H and O–H groups in total. The zero-order chi connectivity index (χ0) is 15.5. The summed E-state index contributed by atoms with van der Waals surface area (Å²) in [4.78, 5) is 27.6. The van der Waals surface area contributed by atoms with Gasteiger partial charge in [0.25, 0.3) is 11.7 Å². The Morgan fingerprint density at radius 1 is 1.05 bits per heavy atom. The van der Waals surface area contributed by atoms with Gasteiger partial charge in [0.2, 0.25) is 0 Å². The number of benzene rings is 2. The van der Waals surface area contributed by atoms with Crippen LogP contribution in [-0.4, -0.2) is 16.7 Å². The van der Waals surface area contributed by atoms with Gasteiger partial charge in [0.15, 0.2) is 0 Å². The number of para-hydroxylation sites is 2. The summed E-state index contributed by atoms with van der Waals surface area (Å²) in [5, 5.41) is 3.47. The molecule has 110 valence electrons. The molecule has 22 heavy (non-hydrogen) atoms. The lowest BCUT2D eigenvalue weighted by atomic mass is 10.1. The van der Waals surface area contributed by atoms with Crippen LogP contribution >= 0.6 is 0 Å². The topological polar surface area (TPSA) is 62.0 Å². The van der Waals surface area contributed by atoms with Crippen molar-refractivity contribution in [3.8, 4) is 0 Å². The standard InChI is InChI=1S/C18H16N2O2/c1-2-12-7-3-5-9-15(12)20-18(22)17(21)14-11-19-16-10-6-4-8-13(14)16/h3-11,19H,2H2,1H3,(H,20,22). The molecule has 0 fully saturated rings. The number of Topliss-reactive ketones (excluding diaryl/α,β-unsaturated/α-hetero) is 1. The smallest absolute Gasteiger partial charge is 0.296 e. The summed E-state index contributed by atoms with van der Waals surface area (Å²) in [6, 6.07) is 14.9. The summed E-state index contributed by atoms with van der Waals surface area (Å²) in [6.45, 7) is 2.01. The molecule has 3 aromatic rings. The van der Waals surface area contributed by atoms with Crippen LogP contribution in [0.1, 0.15) is 22.8 Å². The number of aromatic nitrogens is 1. The van der Waals surface area contributed by atoms with Crippen LogP contribution in [0.2, 0.25) is 0 Å². The normalized spacial score (nSPS) is 10.6. The fraction of sp³-hybridized carbons (Fsp3) is 0.111. The van der Waals surface area contributed by atoms with Crippen molar-refractivity contribution in [3.05, 3.63) is 65.9 Å². The van der Waals surface area contributed by atoms with E-state index in [4.69, 9.17) is 0 Å². The Bertz CT molecular complexity index is 849. The van der Waals surface area contributed by atoms with E-state index in [1.165, 1.54) is 0 Å². The predicted octanol–water partition coefficient (Wildman–Crippen LogP) is 3.55. The average molecular weight is 292 g/mol. The van der Waals surface area contributed by atoms with Crippen molar-refractivity contribution >= 4 is 28.3 Å². The summed E-state index contributed by atoms with van der Waals surface area (Å²) in [5.74, 6) is -1.16. The van der Waals surface area contributed by atoms with E-state index in [9.17, 15) is 9.59 Å². The van der Waals surface area contributed by atoms with E-state index in [2.05, 4.69) is 10.3 Å². The molecule has 4 heteroatoms. The zero-order valence-corrected chi connectivity index (χ0v) is 12.2. The van der Waals surface area contributed by atoms with Crippen LogP contribution in [0.5, 0.6) is 0 Å². The number of carbonyl (C=O) groups is 2. The van der Waals surface area contributed by atoms with Gasteiger partial charge < -0.3 is 10.3 Å². The first kappa shape index (κ1) is 14.1. The molecule has 1 aromatic heterocycles. The Morgan fingerprint density at radius 3 is 2.59 bits per heavy atom. The summed E-state index contributed by atoms with van der Waals surface area (Å²) < 4.78 is 0. The molecule has 0 saturated heterocycles. The zero-order valence-electron chi connectivity index (χ0n) is 12.2. The highest BCUT2D eigenvalue weighted by molar-refractivity contribution is 6.48. The Hall–Kier alpha value is -2.88. The van der Waals surface area contributed by atoms with Crippen LogP contribution in [0.4, 0.5) is 5.69 Å². The number of ketones is 1. The number of aryl methyl sites for hydroxylation is 1. The van der Waals surface area contributed by atoms with Crippen molar-refractivity contribution in [1.29, 1.82) is 0 Å². The van der Waals surface area contributed by atoms with Crippen molar-refractivity contribution in [2.75, 3.05) is 5.32 Å². The van der Waals surface area contributed by atoms with E-state index in [-0.39, 0.29) is 0 Å².